The molecular weight excluding hydrogens is 1570 g/mol. The van der Waals surface area contributed by atoms with E-state index >= 15 is 0 Å². The van der Waals surface area contributed by atoms with Crippen molar-refractivity contribution in [3.05, 3.63) is 392 Å². The van der Waals surface area contributed by atoms with Gasteiger partial charge in [0, 0.05) is 131 Å². The Morgan fingerprint density at radius 2 is 0.748 bits per heavy atom. The van der Waals surface area contributed by atoms with E-state index in [1.807, 2.05) is 277 Å². The fourth-order valence-corrected chi connectivity index (χ4v) is 19.4. The second-order valence-electron chi connectivity index (χ2n) is 31.5. The van der Waals surface area contributed by atoms with Crippen LogP contribution in [0.1, 0.15) is 131 Å². The summed E-state index contributed by atoms with van der Waals surface area (Å²) in [4.78, 5) is 127. The first-order chi connectivity index (χ1) is 60.0. The molecule has 4 unspecified atom stereocenters. The summed E-state index contributed by atoms with van der Waals surface area (Å²) in [5, 5.41) is 3.69. The van der Waals surface area contributed by atoms with E-state index in [0.29, 0.717) is 124 Å². The summed E-state index contributed by atoms with van der Waals surface area (Å²) in [7, 11) is 4.86. The molecule has 8 aliphatic heterocycles. The van der Waals surface area contributed by atoms with Crippen molar-refractivity contribution in [3.63, 3.8) is 0 Å². The van der Waals surface area contributed by atoms with Crippen LogP contribution in [-0.4, -0.2) is 165 Å². The Balaban J connectivity index is 0.000000116. The van der Waals surface area contributed by atoms with Gasteiger partial charge in [-0.3, -0.25) is 43.4 Å². The van der Waals surface area contributed by atoms with Gasteiger partial charge < -0.3 is 58.2 Å². The second-order valence-corrected chi connectivity index (χ2v) is 31.9. The summed E-state index contributed by atoms with van der Waals surface area (Å²) in [6, 6.07) is 86.2. The summed E-state index contributed by atoms with van der Waals surface area (Å²) in [6.45, 7) is 4.31. The summed E-state index contributed by atoms with van der Waals surface area (Å²) >= 11 is 6.17. The number of carbonyl (C=O) groups is 8. The maximum Gasteiger partial charge on any atom is 0.319 e. The minimum absolute atomic E-state index is 0.0126. The molecule has 2 aromatic heterocycles. The highest BCUT2D eigenvalue weighted by molar-refractivity contribution is 6.30. The van der Waals surface area contributed by atoms with Crippen LogP contribution in [0.5, 0.6) is 17.2 Å². The van der Waals surface area contributed by atoms with Crippen molar-refractivity contribution in [2.24, 2.45) is 0 Å². The number of hydrogen-bond donors (Lipinski definition) is 1. The molecule has 4 atom stereocenters. The number of aromatic nitrogens is 1. The number of rotatable bonds is 15. The number of pyridine rings is 1. The van der Waals surface area contributed by atoms with E-state index in [4.69, 9.17) is 30.2 Å². The first kappa shape index (κ1) is 81.3. The Labute approximate surface area is 718 Å². The fraction of sp³-hybridized carbons (Fsp3) is 0.230. The van der Waals surface area contributed by atoms with Gasteiger partial charge in [-0.15, -0.1) is 0 Å². The topological polar surface area (TPSA) is 228 Å². The molecule has 620 valence electrons. The third-order valence-corrected chi connectivity index (χ3v) is 25.4. The van der Waals surface area contributed by atoms with Crippen LogP contribution in [-0.2, 0) is 66.1 Å². The lowest BCUT2D eigenvalue weighted by atomic mass is 9.83. The minimum Gasteiger partial charge on any atom is -0.497 e. The molecule has 4 fully saturated rings. The largest absolute Gasteiger partial charge is 0.497 e. The molecular formula is C100H91ClN10O12. The lowest BCUT2D eigenvalue weighted by Crippen LogP contribution is -2.60. The molecule has 123 heavy (non-hydrogen) atoms. The molecule has 0 bridgehead atoms. The van der Waals surface area contributed by atoms with E-state index in [2.05, 4.69) is 22.4 Å². The van der Waals surface area contributed by atoms with Gasteiger partial charge in [-0.25, -0.2) is 4.79 Å². The predicted molar refractivity (Wildman–Crippen MR) is 463 cm³/mol. The van der Waals surface area contributed by atoms with Gasteiger partial charge in [0.25, 0.3) is 35.4 Å². The molecule has 23 heteroatoms. The van der Waals surface area contributed by atoms with Crippen molar-refractivity contribution in [2.75, 3.05) is 73.7 Å². The zero-order chi connectivity index (χ0) is 85.0. The molecule has 20 rings (SSSR count). The highest BCUT2D eigenvalue weighted by atomic mass is 35.5. The van der Waals surface area contributed by atoms with Gasteiger partial charge in [0.15, 0.2) is 0 Å². The van der Waals surface area contributed by atoms with Crippen molar-refractivity contribution in [1.29, 1.82) is 0 Å². The maximum atomic E-state index is 13.5. The van der Waals surface area contributed by atoms with Crippen molar-refractivity contribution in [2.45, 2.75) is 74.1 Å². The van der Waals surface area contributed by atoms with Gasteiger partial charge in [-0.05, 0) is 159 Å². The Bertz CT molecular complexity index is 5930. The number of nitrogens with one attached hydrogen (secondary N) is 1. The number of furan rings is 1. The van der Waals surface area contributed by atoms with Crippen LogP contribution in [0.4, 0.5) is 4.79 Å². The average molecular weight is 1660 g/mol. The van der Waals surface area contributed by atoms with Crippen LogP contribution in [0.15, 0.2) is 302 Å². The van der Waals surface area contributed by atoms with Gasteiger partial charge in [0.2, 0.25) is 5.91 Å². The number of hydrogen-bond acceptors (Lipinski definition) is 13. The molecule has 22 nitrogen and oxygen atoms in total. The molecule has 9 amide bonds. The molecule has 12 aromatic rings. The third kappa shape index (κ3) is 14.8. The summed E-state index contributed by atoms with van der Waals surface area (Å²) < 4.78 is 21.1. The summed E-state index contributed by atoms with van der Waals surface area (Å²) in [5.74, 6) is 1.85. The van der Waals surface area contributed by atoms with Gasteiger partial charge in [-0.1, -0.05) is 194 Å². The normalized spacial score (nSPS) is 19.8. The highest BCUT2D eigenvalue weighted by Gasteiger charge is 2.60. The maximum absolute atomic E-state index is 13.5. The lowest BCUT2D eigenvalue weighted by Gasteiger charge is -2.47. The molecule has 0 aliphatic carbocycles. The number of amides is 9. The molecule has 10 heterocycles. The van der Waals surface area contributed by atoms with Crippen molar-refractivity contribution < 1.29 is 57.0 Å². The molecule has 0 spiro atoms. The van der Waals surface area contributed by atoms with Crippen LogP contribution in [0.2, 0.25) is 5.02 Å². The molecule has 8 aliphatic rings. The van der Waals surface area contributed by atoms with E-state index in [0.717, 1.165) is 85.7 Å². The van der Waals surface area contributed by atoms with Crippen LogP contribution in [0.3, 0.4) is 0 Å². The van der Waals surface area contributed by atoms with E-state index in [1.165, 1.54) is 18.1 Å². The molecule has 0 saturated carbocycles. The quantitative estimate of drug-likeness (QED) is 0.101. The predicted octanol–water partition coefficient (Wildman–Crippen LogP) is 15.2. The zero-order valence-electron chi connectivity index (χ0n) is 68.4. The number of urea groups is 1. The van der Waals surface area contributed by atoms with Gasteiger partial charge in [0.1, 0.15) is 46.2 Å². The number of methoxy groups -OCH3 is 3. The SMILES string of the molecule is COc1ccc(C23Cc4ccccc4C(=O)N2CCN3C(=O)NCc2ccccc2)cc1.COc1ccc(C23Cc4ccccc4C(=O)N2CCN3C(=O)c2cccnc2)cc1.COc1ccc(C23Cc4ccccc4C(=O)N2CCN3C(=O)c2ccoc2)cc1.O=C(CCCc1ccccc1)N1CCN2C(=O)c3ccccc3CC12c1ccc(Cl)cc1. The molecule has 10 aromatic carbocycles. The Kier molecular flexibility index (Phi) is 22.8. The number of carbonyl (C=O) groups excluding carboxylic acids is 8. The summed E-state index contributed by atoms with van der Waals surface area (Å²) in [5.41, 5.74) is 10.1. The zero-order valence-corrected chi connectivity index (χ0v) is 69.2. The number of ether oxygens (including phenoxy) is 3. The van der Waals surface area contributed by atoms with Gasteiger partial charge in [-0.2, -0.15) is 0 Å². The third-order valence-electron chi connectivity index (χ3n) is 25.1. The van der Waals surface area contributed by atoms with E-state index < -0.39 is 22.7 Å². The molecule has 1 N–H and O–H groups in total. The van der Waals surface area contributed by atoms with Crippen molar-refractivity contribution in [3.8, 4) is 17.2 Å². The number of aryl methyl sites for hydroxylation is 1. The van der Waals surface area contributed by atoms with Crippen molar-refractivity contribution in [1.82, 2.24) is 49.5 Å². The van der Waals surface area contributed by atoms with Gasteiger partial charge in [0.05, 0.1) is 38.7 Å². The smallest absolute Gasteiger partial charge is 0.319 e. The Morgan fingerprint density at radius 3 is 1.14 bits per heavy atom. The monoisotopic (exact) mass is 1660 g/mol. The number of halogens is 1. The fourth-order valence-electron chi connectivity index (χ4n) is 19.2. The number of fused-ring (bicyclic) bond motifs is 8. The Morgan fingerprint density at radius 1 is 0.390 bits per heavy atom. The van der Waals surface area contributed by atoms with Crippen LogP contribution in [0, 0.1) is 0 Å². The lowest BCUT2D eigenvalue weighted by molar-refractivity contribution is -0.139. The molecule has 4 saturated heterocycles. The summed E-state index contributed by atoms with van der Waals surface area (Å²) in [6.07, 6.45) is 10.4. The Hall–Kier alpha value is -14.1. The first-order valence-electron chi connectivity index (χ1n) is 41.3. The van der Waals surface area contributed by atoms with E-state index in [-0.39, 0.29) is 47.4 Å². The second kappa shape index (κ2) is 34.5. The van der Waals surface area contributed by atoms with Gasteiger partial charge >= 0.3 is 6.03 Å². The van der Waals surface area contributed by atoms with E-state index in [1.54, 1.807) is 56.8 Å². The number of nitrogens with zero attached hydrogens (tertiary/aromatic N) is 9. The first-order valence-corrected chi connectivity index (χ1v) is 41.7. The van der Waals surface area contributed by atoms with Crippen molar-refractivity contribution >= 4 is 59.0 Å². The highest BCUT2D eigenvalue weighted by Crippen LogP contribution is 2.51. The van der Waals surface area contributed by atoms with E-state index in [9.17, 15) is 38.4 Å². The van der Waals surface area contributed by atoms with Crippen LogP contribution < -0.4 is 19.5 Å². The average Bonchev–Trinajstić information content (AvgIpc) is 1.61. The minimum atomic E-state index is -0.884. The van der Waals surface area contributed by atoms with Crippen LogP contribution >= 0.6 is 11.6 Å². The number of benzene rings is 10. The molecule has 0 radical (unpaired) electrons. The standard InChI is InChI=1S/C27H25ClN2O2.C26H25N3O3.C24H21N3O3.C23H20N2O4/c28-23-15-13-22(14-16-23)27-19-21-10-4-5-11-24(21)26(32)30(27)18-17-29(27)25(31)12-6-9-20-7-2-1-3-8-20;1-32-22-13-11-21(12-14-22)26-17-20-9-5-6-10-23(20)24(30)28(26)15-16-29(26)25(31)27-18-19-7-3-2-4-8-19;1-30-20-10-8-19(9-11-20)24-15-17-5-2-3-7-21(17)23(29)27(24)14-13-26(24)22(28)18-6-4-12-25-16-18;1-28-19-8-6-18(7-9-19)23-14-16-4-2-3-5-20(16)22(27)25(23)12-11-24(23)21(26)17-10-13-29-15-17/h1-5,7-8,10-11,13-16H,6,9,12,17-19H2;2-14H,15-18H2,1H3,(H,27,31);2-12,16H,13-15H2,1H3;2-10,13,15H,11-12,14H2,1H3. The van der Waals surface area contributed by atoms with Crippen LogP contribution in [0.25, 0.3) is 0 Å².